The second-order valence-electron chi connectivity index (χ2n) is 5.42. The van der Waals surface area contributed by atoms with Crippen LogP contribution >= 0.6 is 23.2 Å². The Bertz CT molecular complexity index is 1050. The van der Waals surface area contributed by atoms with Crippen molar-refractivity contribution in [3.8, 4) is 11.5 Å². The van der Waals surface area contributed by atoms with Crippen molar-refractivity contribution in [1.29, 1.82) is 0 Å². The maximum atomic E-state index is 13.0. The normalized spacial score (nSPS) is 10.6. The largest absolute Gasteiger partial charge is 0.451 e. The fourth-order valence-electron chi connectivity index (χ4n) is 2.25. The molecule has 0 saturated carbocycles. The number of non-ortho nitro benzene ring substituents is 1. The summed E-state index contributed by atoms with van der Waals surface area (Å²) < 4.78 is 19.8. The number of nitrogens with zero attached hydrogens (tertiary/aromatic N) is 3. The molecule has 0 amide bonds. The second-order valence-corrected chi connectivity index (χ2v) is 6.24. The summed E-state index contributed by atoms with van der Waals surface area (Å²) in [6.07, 6.45) is 2.56. The van der Waals surface area contributed by atoms with Gasteiger partial charge in [0.1, 0.15) is 5.82 Å². The molecule has 0 aliphatic rings. The molecule has 1 aromatic heterocycles. The third-order valence-corrected chi connectivity index (χ3v) is 4.07. The Hall–Kier alpha value is -2.97. The average molecular weight is 410 g/mol. The maximum absolute atomic E-state index is 13.0. The fourth-order valence-corrected chi connectivity index (χ4v) is 2.81. The number of rotatable bonds is 5. The van der Waals surface area contributed by atoms with Gasteiger partial charge in [0.15, 0.2) is 11.5 Å². The Balaban J connectivity index is 1.89. The maximum Gasteiger partial charge on any atom is 0.348 e. The highest BCUT2D eigenvalue weighted by molar-refractivity contribution is 6.37. The van der Waals surface area contributed by atoms with Crippen LogP contribution in [0.4, 0.5) is 10.1 Å². The predicted molar refractivity (Wildman–Crippen MR) is 97.2 cm³/mol. The van der Waals surface area contributed by atoms with Crippen LogP contribution in [-0.2, 0) is 6.54 Å². The quantitative estimate of drug-likeness (QED) is 0.459. The first-order valence-electron chi connectivity index (χ1n) is 7.45. The van der Waals surface area contributed by atoms with Crippen molar-refractivity contribution in [3.05, 3.63) is 90.8 Å². The molecule has 2 aromatic carbocycles. The molecular weight excluding hydrogens is 400 g/mol. The van der Waals surface area contributed by atoms with Crippen LogP contribution in [0.5, 0.6) is 11.5 Å². The summed E-state index contributed by atoms with van der Waals surface area (Å²) in [5.41, 5.74) is -0.131. The average Bonchev–Trinajstić information content (AvgIpc) is 2.62. The van der Waals surface area contributed by atoms with Gasteiger partial charge in [-0.3, -0.25) is 14.7 Å². The lowest BCUT2D eigenvalue weighted by atomic mass is 10.2. The van der Waals surface area contributed by atoms with E-state index in [-0.39, 0.29) is 39.6 Å². The number of halogens is 3. The Morgan fingerprint density at radius 1 is 1.19 bits per heavy atom. The first-order chi connectivity index (χ1) is 12.8. The molecule has 0 atom stereocenters. The van der Waals surface area contributed by atoms with Crippen molar-refractivity contribution in [2.75, 3.05) is 0 Å². The molecule has 0 spiro atoms. The van der Waals surface area contributed by atoms with E-state index in [1.54, 1.807) is 12.1 Å². The third kappa shape index (κ3) is 4.42. The lowest BCUT2D eigenvalue weighted by molar-refractivity contribution is -0.384. The highest BCUT2D eigenvalue weighted by Crippen LogP contribution is 2.39. The first-order valence-corrected chi connectivity index (χ1v) is 8.21. The standard InChI is InChI=1S/C17H10Cl2FN3O4/c18-14-5-12(23(25)26)6-15(19)16(14)27-13-7-21-17(24)22(9-13)8-10-1-3-11(20)4-2-10/h1-7,9H,8H2. The molecule has 0 radical (unpaired) electrons. The zero-order chi connectivity index (χ0) is 19.6. The Morgan fingerprint density at radius 3 is 2.41 bits per heavy atom. The molecule has 0 saturated heterocycles. The van der Waals surface area contributed by atoms with Crippen molar-refractivity contribution < 1.29 is 14.1 Å². The number of hydrogen-bond acceptors (Lipinski definition) is 5. The summed E-state index contributed by atoms with van der Waals surface area (Å²) in [5, 5.41) is 10.7. The molecule has 7 nitrogen and oxygen atoms in total. The zero-order valence-electron chi connectivity index (χ0n) is 13.4. The number of aromatic nitrogens is 2. The van der Waals surface area contributed by atoms with Crippen molar-refractivity contribution in [1.82, 2.24) is 9.55 Å². The van der Waals surface area contributed by atoms with Gasteiger partial charge in [-0.15, -0.1) is 0 Å². The Morgan fingerprint density at radius 2 is 1.81 bits per heavy atom. The summed E-state index contributed by atoms with van der Waals surface area (Å²) >= 11 is 12.0. The Kier molecular flexibility index (Phi) is 5.38. The highest BCUT2D eigenvalue weighted by atomic mass is 35.5. The van der Waals surface area contributed by atoms with Gasteiger partial charge in [0, 0.05) is 12.1 Å². The van der Waals surface area contributed by atoms with E-state index < -0.39 is 10.6 Å². The van der Waals surface area contributed by atoms with Gasteiger partial charge in [0.05, 0.1) is 33.9 Å². The lowest BCUT2D eigenvalue weighted by Crippen LogP contribution is -2.22. The third-order valence-electron chi connectivity index (χ3n) is 3.51. The minimum absolute atomic E-state index is 0.00212. The van der Waals surface area contributed by atoms with Gasteiger partial charge in [-0.25, -0.2) is 9.18 Å². The number of ether oxygens (including phenoxy) is 1. The van der Waals surface area contributed by atoms with Gasteiger partial charge in [0.2, 0.25) is 0 Å². The number of nitro groups is 1. The van der Waals surface area contributed by atoms with Crippen LogP contribution in [0.1, 0.15) is 5.56 Å². The van der Waals surface area contributed by atoms with E-state index in [1.165, 1.54) is 29.1 Å². The van der Waals surface area contributed by atoms with Gasteiger partial charge in [-0.1, -0.05) is 35.3 Å². The molecule has 0 aliphatic heterocycles. The van der Waals surface area contributed by atoms with E-state index in [2.05, 4.69) is 4.98 Å². The first kappa shape index (κ1) is 18.8. The highest BCUT2D eigenvalue weighted by Gasteiger charge is 2.17. The van der Waals surface area contributed by atoms with E-state index in [0.29, 0.717) is 5.56 Å². The molecule has 27 heavy (non-hydrogen) atoms. The zero-order valence-corrected chi connectivity index (χ0v) is 14.9. The molecule has 0 unspecified atom stereocenters. The van der Waals surface area contributed by atoms with Gasteiger partial charge >= 0.3 is 5.69 Å². The van der Waals surface area contributed by atoms with E-state index in [9.17, 15) is 19.3 Å². The minimum atomic E-state index is -0.633. The van der Waals surface area contributed by atoms with Crippen molar-refractivity contribution in [2.45, 2.75) is 6.54 Å². The molecule has 1 heterocycles. The van der Waals surface area contributed by atoms with Crippen molar-refractivity contribution >= 4 is 28.9 Å². The molecule has 3 rings (SSSR count). The molecule has 0 bridgehead atoms. The van der Waals surface area contributed by atoms with Gasteiger partial charge in [0.25, 0.3) is 5.69 Å². The van der Waals surface area contributed by atoms with Crippen LogP contribution in [0.15, 0.2) is 53.6 Å². The summed E-state index contributed by atoms with van der Waals surface area (Å²) in [5.74, 6) is -0.240. The van der Waals surface area contributed by atoms with Crippen molar-refractivity contribution in [2.24, 2.45) is 0 Å². The van der Waals surface area contributed by atoms with E-state index in [4.69, 9.17) is 27.9 Å². The molecule has 3 aromatic rings. The Labute approximate surface area is 161 Å². The molecule has 0 aliphatic carbocycles. The van der Waals surface area contributed by atoms with Crippen LogP contribution in [0, 0.1) is 15.9 Å². The monoisotopic (exact) mass is 409 g/mol. The van der Waals surface area contributed by atoms with Gasteiger partial charge in [-0.05, 0) is 17.7 Å². The van der Waals surface area contributed by atoms with Crippen LogP contribution in [-0.4, -0.2) is 14.5 Å². The fraction of sp³-hybridized carbons (Fsp3) is 0.0588. The van der Waals surface area contributed by atoms with Crippen LogP contribution in [0.3, 0.4) is 0 Å². The predicted octanol–water partition coefficient (Wildman–Crippen LogP) is 4.44. The smallest absolute Gasteiger partial charge is 0.348 e. The van der Waals surface area contributed by atoms with Crippen molar-refractivity contribution in [3.63, 3.8) is 0 Å². The second kappa shape index (κ2) is 7.73. The molecule has 138 valence electrons. The summed E-state index contributed by atoms with van der Waals surface area (Å²) in [4.78, 5) is 25.8. The van der Waals surface area contributed by atoms with Crippen LogP contribution < -0.4 is 10.4 Å². The summed E-state index contributed by atoms with van der Waals surface area (Å²) in [6.45, 7) is 0.144. The number of benzene rings is 2. The summed E-state index contributed by atoms with van der Waals surface area (Å²) in [7, 11) is 0. The summed E-state index contributed by atoms with van der Waals surface area (Å²) in [6, 6.07) is 7.85. The molecule has 10 heteroatoms. The number of hydrogen-bond donors (Lipinski definition) is 0. The van der Waals surface area contributed by atoms with E-state index in [1.807, 2.05) is 0 Å². The molecule has 0 fully saturated rings. The lowest BCUT2D eigenvalue weighted by Gasteiger charge is -2.11. The minimum Gasteiger partial charge on any atom is -0.451 e. The SMILES string of the molecule is O=c1ncc(Oc2c(Cl)cc([N+](=O)[O-])cc2Cl)cn1Cc1ccc(F)cc1. The van der Waals surface area contributed by atoms with Crippen LogP contribution in [0.2, 0.25) is 10.0 Å². The van der Waals surface area contributed by atoms with Gasteiger partial charge in [-0.2, -0.15) is 4.98 Å². The molecular formula is C17H10Cl2FN3O4. The van der Waals surface area contributed by atoms with E-state index >= 15 is 0 Å². The topological polar surface area (TPSA) is 87.3 Å². The molecule has 0 N–H and O–H groups in total. The van der Waals surface area contributed by atoms with Gasteiger partial charge < -0.3 is 4.74 Å². The van der Waals surface area contributed by atoms with E-state index in [0.717, 1.165) is 12.1 Å². The number of nitro benzene ring substituents is 1. The van der Waals surface area contributed by atoms with Crippen LogP contribution in [0.25, 0.3) is 0 Å².